The molecule has 1 N–H and O–H groups in total. The van der Waals surface area contributed by atoms with Crippen molar-refractivity contribution in [3.05, 3.63) is 28.7 Å². The lowest BCUT2D eigenvalue weighted by Gasteiger charge is -2.21. The van der Waals surface area contributed by atoms with Gasteiger partial charge < -0.3 is 10.2 Å². The Bertz CT molecular complexity index is 546. The molecule has 108 valence electrons. The minimum Gasteiger partial charge on any atom is -0.354 e. The molecule has 0 saturated carbocycles. The van der Waals surface area contributed by atoms with Crippen LogP contribution in [0.5, 0.6) is 0 Å². The minimum absolute atomic E-state index is 0.743. The summed E-state index contributed by atoms with van der Waals surface area (Å²) in [6, 6.07) is 0. The molecule has 0 spiro atoms. The van der Waals surface area contributed by atoms with Crippen LogP contribution in [0.25, 0.3) is 0 Å². The average molecular weight is 293 g/mol. The molecule has 2 heterocycles. The lowest BCUT2D eigenvalue weighted by atomic mass is 10.4. The summed E-state index contributed by atoms with van der Waals surface area (Å²) in [6.07, 6.45) is 3.23. The highest BCUT2D eigenvalue weighted by atomic mass is 32.1. The largest absolute Gasteiger partial charge is 0.354 e. The Hall–Kier alpha value is -1.96. The standard InChI is InChI=1S/C12H19N7S/c1-10-17-11(7-20-10)6-18(3)12(13-2)15-4-5-19-9-14-8-16-19/h7-9H,4-6H2,1-3H3,(H,13,15). The van der Waals surface area contributed by atoms with Gasteiger partial charge in [-0.05, 0) is 6.92 Å². The normalized spacial score (nSPS) is 11.7. The van der Waals surface area contributed by atoms with Crippen molar-refractivity contribution in [1.29, 1.82) is 0 Å². The van der Waals surface area contributed by atoms with Gasteiger partial charge >= 0.3 is 0 Å². The summed E-state index contributed by atoms with van der Waals surface area (Å²) in [4.78, 5) is 14.7. The Morgan fingerprint density at radius 3 is 3.00 bits per heavy atom. The molecule has 20 heavy (non-hydrogen) atoms. The van der Waals surface area contributed by atoms with Gasteiger partial charge in [-0.1, -0.05) is 0 Å². The number of hydrogen-bond acceptors (Lipinski definition) is 5. The van der Waals surface area contributed by atoms with E-state index in [9.17, 15) is 0 Å². The first-order valence-corrected chi connectivity index (χ1v) is 7.22. The van der Waals surface area contributed by atoms with Gasteiger partial charge in [-0.2, -0.15) is 5.10 Å². The van der Waals surface area contributed by atoms with E-state index in [4.69, 9.17) is 0 Å². The zero-order valence-corrected chi connectivity index (χ0v) is 12.8. The number of nitrogens with zero attached hydrogens (tertiary/aromatic N) is 6. The summed E-state index contributed by atoms with van der Waals surface area (Å²) in [7, 11) is 3.78. The number of aryl methyl sites for hydroxylation is 1. The summed E-state index contributed by atoms with van der Waals surface area (Å²) >= 11 is 1.67. The van der Waals surface area contributed by atoms with E-state index in [1.807, 2.05) is 14.0 Å². The molecule has 2 aromatic heterocycles. The van der Waals surface area contributed by atoms with Crippen molar-refractivity contribution in [2.24, 2.45) is 4.99 Å². The van der Waals surface area contributed by atoms with Gasteiger partial charge in [0.15, 0.2) is 5.96 Å². The first-order chi connectivity index (χ1) is 9.69. The van der Waals surface area contributed by atoms with Crippen LogP contribution in [0.15, 0.2) is 23.0 Å². The number of hydrogen-bond donors (Lipinski definition) is 1. The predicted octanol–water partition coefficient (Wildman–Crippen LogP) is 0.750. The average Bonchev–Trinajstić information content (AvgIpc) is 3.06. The van der Waals surface area contributed by atoms with Crippen LogP contribution in [-0.4, -0.2) is 51.2 Å². The van der Waals surface area contributed by atoms with Crippen molar-refractivity contribution in [2.45, 2.75) is 20.0 Å². The van der Waals surface area contributed by atoms with Crippen LogP contribution >= 0.6 is 11.3 Å². The maximum Gasteiger partial charge on any atom is 0.193 e. The maximum atomic E-state index is 4.46. The van der Waals surface area contributed by atoms with Crippen LogP contribution in [0.4, 0.5) is 0 Å². The van der Waals surface area contributed by atoms with Crippen LogP contribution in [0, 0.1) is 6.92 Å². The Morgan fingerprint density at radius 2 is 2.40 bits per heavy atom. The van der Waals surface area contributed by atoms with Crippen LogP contribution in [0.3, 0.4) is 0 Å². The monoisotopic (exact) mass is 293 g/mol. The van der Waals surface area contributed by atoms with Gasteiger partial charge in [-0.3, -0.25) is 9.67 Å². The van der Waals surface area contributed by atoms with E-state index < -0.39 is 0 Å². The fourth-order valence-electron chi connectivity index (χ4n) is 1.81. The molecule has 0 saturated heterocycles. The van der Waals surface area contributed by atoms with Crippen molar-refractivity contribution in [3.8, 4) is 0 Å². The summed E-state index contributed by atoms with van der Waals surface area (Å²) < 4.78 is 1.78. The topological polar surface area (TPSA) is 71.2 Å². The summed E-state index contributed by atoms with van der Waals surface area (Å²) in [5, 5.41) is 10.5. The van der Waals surface area contributed by atoms with Gasteiger partial charge in [-0.15, -0.1) is 11.3 Å². The molecule has 7 nitrogen and oxygen atoms in total. The second-order valence-corrected chi connectivity index (χ2v) is 5.41. The van der Waals surface area contributed by atoms with Gasteiger partial charge in [0.1, 0.15) is 12.7 Å². The number of aliphatic imine (C=N–C) groups is 1. The van der Waals surface area contributed by atoms with Gasteiger partial charge in [0.25, 0.3) is 0 Å². The third kappa shape index (κ3) is 4.02. The molecule has 0 atom stereocenters. The van der Waals surface area contributed by atoms with Crippen LogP contribution in [0.2, 0.25) is 0 Å². The summed E-state index contributed by atoms with van der Waals surface area (Å²) in [5.74, 6) is 0.843. The molecule has 0 fully saturated rings. The van der Waals surface area contributed by atoms with Crippen LogP contribution < -0.4 is 5.32 Å². The molecule has 2 aromatic rings. The lowest BCUT2D eigenvalue weighted by Crippen LogP contribution is -2.39. The highest BCUT2D eigenvalue weighted by Crippen LogP contribution is 2.09. The van der Waals surface area contributed by atoms with Crippen LogP contribution in [-0.2, 0) is 13.1 Å². The molecule has 8 heteroatoms. The number of aromatic nitrogens is 4. The fourth-order valence-corrected chi connectivity index (χ4v) is 2.42. The van der Waals surface area contributed by atoms with E-state index in [1.165, 1.54) is 6.33 Å². The summed E-state index contributed by atoms with van der Waals surface area (Å²) in [5.41, 5.74) is 1.06. The van der Waals surface area contributed by atoms with Crippen molar-refractivity contribution in [2.75, 3.05) is 20.6 Å². The van der Waals surface area contributed by atoms with E-state index in [1.54, 1.807) is 29.4 Å². The van der Waals surface area contributed by atoms with E-state index in [0.29, 0.717) is 0 Å². The third-order valence-corrected chi connectivity index (χ3v) is 3.55. The molecule has 0 amide bonds. The lowest BCUT2D eigenvalue weighted by molar-refractivity contribution is 0.465. The fraction of sp³-hybridized carbons (Fsp3) is 0.500. The molecular weight excluding hydrogens is 274 g/mol. The van der Waals surface area contributed by atoms with Gasteiger partial charge in [-0.25, -0.2) is 9.97 Å². The predicted molar refractivity (Wildman–Crippen MR) is 79.7 cm³/mol. The molecule has 0 aliphatic rings. The van der Waals surface area contributed by atoms with E-state index >= 15 is 0 Å². The molecule has 0 aliphatic carbocycles. The first-order valence-electron chi connectivity index (χ1n) is 6.34. The minimum atomic E-state index is 0.743. The van der Waals surface area contributed by atoms with Crippen molar-refractivity contribution >= 4 is 17.3 Å². The summed E-state index contributed by atoms with van der Waals surface area (Å²) in [6.45, 7) is 4.26. The van der Waals surface area contributed by atoms with Crippen molar-refractivity contribution < 1.29 is 0 Å². The van der Waals surface area contributed by atoms with Gasteiger partial charge in [0, 0.05) is 26.0 Å². The third-order valence-electron chi connectivity index (χ3n) is 2.73. The van der Waals surface area contributed by atoms with Crippen LogP contribution in [0.1, 0.15) is 10.7 Å². The van der Waals surface area contributed by atoms with Crippen molar-refractivity contribution in [3.63, 3.8) is 0 Å². The zero-order valence-electron chi connectivity index (χ0n) is 11.9. The Kier molecular flexibility index (Phi) is 5.05. The zero-order chi connectivity index (χ0) is 14.4. The Balaban J connectivity index is 1.81. The molecule has 0 aliphatic heterocycles. The first kappa shape index (κ1) is 14.4. The maximum absolute atomic E-state index is 4.46. The second kappa shape index (κ2) is 6.99. The molecule has 0 unspecified atom stereocenters. The molecule has 0 radical (unpaired) electrons. The van der Waals surface area contributed by atoms with E-state index in [0.717, 1.165) is 36.3 Å². The molecule has 0 aromatic carbocycles. The van der Waals surface area contributed by atoms with Crippen molar-refractivity contribution in [1.82, 2.24) is 30.0 Å². The van der Waals surface area contributed by atoms with E-state index in [2.05, 4.69) is 35.7 Å². The number of thiazole rings is 1. The molecule has 0 bridgehead atoms. The number of rotatable bonds is 5. The van der Waals surface area contributed by atoms with E-state index in [-0.39, 0.29) is 0 Å². The highest BCUT2D eigenvalue weighted by Gasteiger charge is 2.08. The highest BCUT2D eigenvalue weighted by molar-refractivity contribution is 7.09. The second-order valence-electron chi connectivity index (χ2n) is 4.35. The van der Waals surface area contributed by atoms with Gasteiger partial charge in [0.2, 0.25) is 0 Å². The Morgan fingerprint density at radius 1 is 1.55 bits per heavy atom. The number of nitrogens with one attached hydrogen (secondary N) is 1. The number of guanidine groups is 1. The smallest absolute Gasteiger partial charge is 0.193 e. The molecule has 2 rings (SSSR count). The molecular formula is C12H19N7S. The van der Waals surface area contributed by atoms with Gasteiger partial charge in [0.05, 0.1) is 23.8 Å². The SMILES string of the molecule is CN=C(NCCn1cncn1)N(C)Cc1csc(C)n1. The quantitative estimate of drug-likeness (QED) is 0.650. The Labute approximate surface area is 122 Å².